The number of hydrogen-bond donors (Lipinski definition) is 0. The number of ether oxygens (including phenoxy) is 1. The van der Waals surface area contributed by atoms with E-state index in [2.05, 4.69) is 17.0 Å². The zero-order valence-electron chi connectivity index (χ0n) is 16.1. The van der Waals surface area contributed by atoms with Crippen LogP contribution in [0.3, 0.4) is 0 Å². The summed E-state index contributed by atoms with van der Waals surface area (Å²) in [6.07, 6.45) is 1.88. The van der Waals surface area contributed by atoms with Gasteiger partial charge in [0.15, 0.2) is 0 Å². The molecule has 0 saturated heterocycles. The van der Waals surface area contributed by atoms with E-state index in [1.54, 1.807) is 7.11 Å². The highest BCUT2D eigenvalue weighted by atomic mass is 19.1. The SMILES string of the molecule is COc1cccc(CN(CCCc2ccccc2)Cc2cc(F)ccc2F)c1. The van der Waals surface area contributed by atoms with Gasteiger partial charge in [-0.05, 0) is 60.8 Å². The minimum atomic E-state index is -0.415. The van der Waals surface area contributed by atoms with Crippen molar-refractivity contribution >= 4 is 0 Å². The largest absolute Gasteiger partial charge is 0.497 e. The molecule has 0 bridgehead atoms. The summed E-state index contributed by atoms with van der Waals surface area (Å²) in [5.74, 6) is 0.000731. The summed E-state index contributed by atoms with van der Waals surface area (Å²) in [5, 5.41) is 0. The lowest BCUT2D eigenvalue weighted by Gasteiger charge is -2.23. The predicted octanol–water partition coefficient (Wildman–Crippen LogP) is 5.61. The molecule has 0 spiro atoms. The molecule has 0 aliphatic heterocycles. The number of rotatable bonds is 9. The molecule has 0 amide bonds. The maximum absolute atomic E-state index is 14.2. The van der Waals surface area contributed by atoms with Gasteiger partial charge in [0.05, 0.1) is 7.11 Å². The van der Waals surface area contributed by atoms with Crippen LogP contribution in [0.15, 0.2) is 72.8 Å². The van der Waals surface area contributed by atoms with Gasteiger partial charge >= 0.3 is 0 Å². The van der Waals surface area contributed by atoms with Gasteiger partial charge in [0.2, 0.25) is 0 Å². The second kappa shape index (κ2) is 10.00. The average Bonchev–Trinajstić information content (AvgIpc) is 2.71. The Morgan fingerprint density at radius 3 is 2.39 bits per heavy atom. The molecule has 0 N–H and O–H groups in total. The van der Waals surface area contributed by atoms with E-state index in [0.717, 1.165) is 36.8 Å². The van der Waals surface area contributed by atoms with Crippen LogP contribution in [-0.4, -0.2) is 18.6 Å². The van der Waals surface area contributed by atoms with Gasteiger partial charge in [0.25, 0.3) is 0 Å². The van der Waals surface area contributed by atoms with Gasteiger partial charge in [-0.2, -0.15) is 0 Å². The second-order valence-electron chi connectivity index (χ2n) is 6.89. The van der Waals surface area contributed by atoms with Gasteiger partial charge < -0.3 is 4.74 Å². The van der Waals surface area contributed by atoms with Gasteiger partial charge in [0.1, 0.15) is 17.4 Å². The summed E-state index contributed by atoms with van der Waals surface area (Å²) in [7, 11) is 1.64. The van der Waals surface area contributed by atoms with E-state index in [4.69, 9.17) is 4.74 Å². The van der Waals surface area contributed by atoms with Crippen LogP contribution in [0.25, 0.3) is 0 Å². The minimum Gasteiger partial charge on any atom is -0.497 e. The van der Waals surface area contributed by atoms with E-state index < -0.39 is 5.82 Å². The van der Waals surface area contributed by atoms with Gasteiger partial charge in [0, 0.05) is 18.7 Å². The zero-order valence-corrected chi connectivity index (χ0v) is 16.1. The Hall–Kier alpha value is -2.72. The van der Waals surface area contributed by atoms with Crippen LogP contribution in [-0.2, 0) is 19.5 Å². The van der Waals surface area contributed by atoms with Crippen LogP contribution in [0.1, 0.15) is 23.1 Å². The normalized spacial score (nSPS) is 11.0. The third-order valence-corrected chi connectivity index (χ3v) is 4.72. The zero-order chi connectivity index (χ0) is 19.8. The molecule has 3 aromatic rings. The van der Waals surface area contributed by atoms with Gasteiger partial charge in [-0.15, -0.1) is 0 Å². The lowest BCUT2D eigenvalue weighted by atomic mass is 10.1. The molecule has 0 aromatic heterocycles. The van der Waals surface area contributed by atoms with Crippen molar-refractivity contribution in [2.75, 3.05) is 13.7 Å². The average molecular weight is 381 g/mol. The molecule has 0 fully saturated rings. The fraction of sp³-hybridized carbons (Fsp3) is 0.250. The Kier molecular flexibility index (Phi) is 7.15. The fourth-order valence-electron chi connectivity index (χ4n) is 3.30. The first kappa shape index (κ1) is 20.0. The lowest BCUT2D eigenvalue weighted by Crippen LogP contribution is -2.25. The van der Waals surface area contributed by atoms with Crippen LogP contribution in [0.2, 0.25) is 0 Å². The number of halogens is 2. The summed E-state index contributed by atoms with van der Waals surface area (Å²) in [6.45, 7) is 1.78. The summed E-state index contributed by atoms with van der Waals surface area (Å²) in [4.78, 5) is 2.15. The Morgan fingerprint density at radius 1 is 0.821 bits per heavy atom. The molecule has 146 valence electrons. The van der Waals surface area contributed by atoms with E-state index in [1.165, 1.54) is 17.7 Å². The maximum atomic E-state index is 14.2. The molecule has 0 aliphatic carbocycles. The fourth-order valence-corrected chi connectivity index (χ4v) is 3.30. The van der Waals surface area contributed by atoms with E-state index in [-0.39, 0.29) is 5.82 Å². The van der Waals surface area contributed by atoms with Crippen molar-refractivity contribution in [2.45, 2.75) is 25.9 Å². The summed E-state index contributed by atoms with van der Waals surface area (Å²) >= 11 is 0. The standard InChI is InChI=1S/C24H25F2NO/c1-28-23-11-5-9-20(15-23)17-27(14-6-10-19-7-3-2-4-8-19)18-21-16-22(25)12-13-24(21)26/h2-5,7-9,11-13,15-16H,6,10,14,17-18H2,1H3. The van der Waals surface area contributed by atoms with Crippen LogP contribution in [0, 0.1) is 11.6 Å². The third kappa shape index (κ3) is 5.89. The van der Waals surface area contributed by atoms with Crippen molar-refractivity contribution in [3.8, 4) is 5.75 Å². The van der Waals surface area contributed by atoms with Crippen molar-refractivity contribution in [3.05, 3.63) is 101 Å². The van der Waals surface area contributed by atoms with Crippen LogP contribution in [0.4, 0.5) is 8.78 Å². The molecule has 28 heavy (non-hydrogen) atoms. The Labute approximate surface area is 165 Å². The van der Waals surface area contributed by atoms with Gasteiger partial charge in [-0.25, -0.2) is 8.78 Å². The smallest absolute Gasteiger partial charge is 0.127 e. The molecule has 0 aliphatic rings. The number of aryl methyl sites for hydroxylation is 1. The molecule has 0 unspecified atom stereocenters. The second-order valence-corrected chi connectivity index (χ2v) is 6.89. The number of methoxy groups -OCH3 is 1. The molecule has 0 radical (unpaired) electrons. The predicted molar refractivity (Wildman–Crippen MR) is 108 cm³/mol. The number of hydrogen-bond acceptors (Lipinski definition) is 2. The quantitative estimate of drug-likeness (QED) is 0.478. The monoisotopic (exact) mass is 381 g/mol. The molecule has 0 saturated carbocycles. The molecular formula is C24H25F2NO. The van der Waals surface area contributed by atoms with Crippen molar-refractivity contribution in [1.29, 1.82) is 0 Å². The van der Waals surface area contributed by atoms with Crippen molar-refractivity contribution in [1.82, 2.24) is 4.90 Å². The van der Waals surface area contributed by atoms with Crippen LogP contribution in [0.5, 0.6) is 5.75 Å². The van der Waals surface area contributed by atoms with Crippen molar-refractivity contribution in [2.24, 2.45) is 0 Å². The lowest BCUT2D eigenvalue weighted by molar-refractivity contribution is 0.249. The molecular weight excluding hydrogens is 356 g/mol. The van der Waals surface area contributed by atoms with E-state index in [9.17, 15) is 8.78 Å². The first-order valence-corrected chi connectivity index (χ1v) is 9.47. The van der Waals surface area contributed by atoms with Crippen molar-refractivity contribution in [3.63, 3.8) is 0 Å². The first-order valence-electron chi connectivity index (χ1n) is 9.47. The molecule has 3 aromatic carbocycles. The summed E-state index contributed by atoms with van der Waals surface area (Å²) in [6, 6.07) is 21.8. The van der Waals surface area contributed by atoms with Crippen LogP contribution < -0.4 is 4.74 Å². The van der Waals surface area contributed by atoms with Gasteiger partial charge in [-0.1, -0.05) is 42.5 Å². The number of nitrogens with zero attached hydrogens (tertiary/aromatic N) is 1. The highest BCUT2D eigenvalue weighted by Gasteiger charge is 2.12. The molecule has 2 nitrogen and oxygen atoms in total. The van der Waals surface area contributed by atoms with Crippen molar-refractivity contribution < 1.29 is 13.5 Å². The van der Waals surface area contributed by atoms with E-state index >= 15 is 0 Å². The highest BCUT2D eigenvalue weighted by Crippen LogP contribution is 2.18. The van der Waals surface area contributed by atoms with E-state index in [0.29, 0.717) is 18.7 Å². The minimum absolute atomic E-state index is 0.357. The summed E-state index contributed by atoms with van der Waals surface area (Å²) < 4.78 is 33.1. The number of benzene rings is 3. The van der Waals surface area contributed by atoms with Gasteiger partial charge in [-0.3, -0.25) is 4.90 Å². The first-order chi connectivity index (χ1) is 13.6. The summed E-state index contributed by atoms with van der Waals surface area (Å²) in [5.41, 5.74) is 2.74. The third-order valence-electron chi connectivity index (χ3n) is 4.72. The molecule has 0 heterocycles. The van der Waals surface area contributed by atoms with Crippen LogP contribution >= 0.6 is 0 Å². The topological polar surface area (TPSA) is 12.5 Å². The molecule has 0 atom stereocenters. The van der Waals surface area contributed by atoms with E-state index in [1.807, 2.05) is 42.5 Å². The Bertz CT molecular complexity index is 883. The Morgan fingerprint density at radius 2 is 1.61 bits per heavy atom. The molecule has 4 heteroatoms. The molecule has 3 rings (SSSR count). The Balaban J connectivity index is 1.71. The maximum Gasteiger partial charge on any atom is 0.127 e. The highest BCUT2D eigenvalue weighted by molar-refractivity contribution is 5.28.